The van der Waals surface area contributed by atoms with Gasteiger partial charge in [0.15, 0.2) is 0 Å². The van der Waals surface area contributed by atoms with Crippen LogP contribution in [0.25, 0.3) is 0 Å². The van der Waals surface area contributed by atoms with Crippen LogP contribution in [0.15, 0.2) is 18.2 Å². The van der Waals surface area contributed by atoms with Crippen molar-refractivity contribution in [3.63, 3.8) is 0 Å². The lowest BCUT2D eigenvalue weighted by molar-refractivity contribution is 0.401. The van der Waals surface area contributed by atoms with Crippen molar-refractivity contribution in [2.45, 2.75) is 19.8 Å². The van der Waals surface area contributed by atoms with Gasteiger partial charge >= 0.3 is 0 Å². The van der Waals surface area contributed by atoms with E-state index in [1.165, 1.54) is 23.2 Å². The van der Waals surface area contributed by atoms with Crippen LogP contribution in [0, 0.1) is 6.92 Å². The van der Waals surface area contributed by atoms with Crippen LogP contribution in [-0.4, -0.2) is 45.7 Å². The third kappa shape index (κ3) is 4.67. The molecular weight excluding hydrogens is 222 g/mol. The first-order valence-corrected chi connectivity index (χ1v) is 6.70. The Morgan fingerprint density at radius 3 is 2.39 bits per heavy atom. The first-order valence-electron chi connectivity index (χ1n) is 6.70. The molecule has 0 amide bonds. The minimum absolute atomic E-state index is 0.721. The Balaban J connectivity index is 2.57. The van der Waals surface area contributed by atoms with Gasteiger partial charge in [-0.1, -0.05) is 6.07 Å². The van der Waals surface area contributed by atoms with Crippen LogP contribution in [0.3, 0.4) is 0 Å². The lowest BCUT2D eigenvalue weighted by Crippen LogP contribution is -2.23. The van der Waals surface area contributed by atoms with Gasteiger partial charge in [-0.15, -0.1) is 0 Å². The first kappa shape index (κ1) is 15.0. The van der Waals surface area contributed by atoms with E-state index in [1.807, 2.05) is 0 Å². The molecule has 0 fully saturated rings. The fourth-order valence-electron chi connectivity index (χ4n) is 2.11. The Labute approximate surface area is 112 Å². The van der Waals surface area contributed by atoms with Gasteiger partial charge < -0.3 is 15.5 Å². The van der Waals surface area contributed by atoms with E-state index in [4.69, 9.17) is 5.73 Å². The largest absolute Gasteiger partial charge is 0.375 e. The molecule has 0 aliphatic rings. The SMILES string of the molecule is Cc1cc(N(C)CCCN(C)C)ccc1CCN. The van der Waals surface area contributed by atoms with Crippen LogP contribution in [-0.2, 0) is 6.42 Å². The van der Waals surface area contributed by atoms with Crippen molar-refractivity contribution < 1.29 is 0 Å². The lowest BCUT2D eigenvalue weighted by atomic mass is 10.0. The van der Waals surface area contributed by atoms with Gasteiger partial charge in [-0.05, 0) is 70.2 Å². The topological polar surface area (TPSA) is 32.5 Å². The maximum Gasteiger partial charge on any atom is 0.0366 e. The second kappa shape index (κ2) is 7.39. The second-order valence-electron chi connectivity index (χ2n) is 5.23. The van der Waals surface area contributed by atoms with Crippen LogP contribution in [0.1, 0.15) is 17.5 Å². The highest BCUT2D eigenvalue weighted by Gasteiger charge is 2.04. The minimum Gasteiger partial charge on any atom is -0.375 e. The Morgan fingerprint density at radius 2 is 1.83 bits per heavy atom. The number of nitrogens with two attached hydrogens (primary N) is 1. The molecule has 0 heterocycles. The molecule has 0 bridgehead atoms. The average molecular weight is 249 g/mol. The van der Waals surface area contributed by atoms with Crippen molar-refractivity contribution in [3.05, 3.63) is 29.3 Å². The van der Waals surface area contributed by atoms with Gasteiger partial charge in [0.05, 0.1) is 0 Å². The summed E-state index contributed by atoms with van der Waals surface area (Å²) in [5.41, 5.74) is 9.61. The average Bonchev–Trinajstić information content (AvgIpc) is 2.31. The Hall–Kier alpha value is -1.06. The lowest BCUT2D eigenvalue weighted by Gasteiger charge is -2.21. The highest BCUT2D eigenvalue weighted by molar-refractivity contribution is 5.50. The van der Waals surface area contributed by atoms with Gasteiger partial charge in [-0.3, -0.25) is 0 Å². The van der Waals surface area contributed by atoms with Crippen LogP contribution in [0.4, 0.5) is 5.69 Å². The fourth-order valence-corrected chi connectivity index (χ4v) is 2.11. The summed E-state index contributed by atoms with van der Waals surface area (Å²) in [4.78, 5) is 4.55. The maximum atomic E-state index is 5.61. The van der Waals surface area contributed by atoms with Crippen molar-refractivity contribution in [3.8, 4) is 0 Å². The summed E-state index contributed by atoms with van der Waals surface area (Å²) in [5.74, 6) is 0. The van der Waals surface area contributed by atoms with Gasteiger partial charge in [-0.2, -0.15) is 0 Å². The van der Waals surface area contributed by atoms with Crippen molar-refractivity contribution in [2.24, 2.45) is 5.73 Å². The molecule has 0 aromatic heterocycles. The zero-order valence-corrected chi connectivity index (χ0v) is 12.2. The number of rotatable bonds is 7. The predicted octanol–water partition coefficient (Wildman–Crippen LogP) is 1.88. The predicted molar refractivity (Wildman–Crippen MR) is 80.4 cm³/mol. The summed E-state index contributed by atoms with van der Waals surface area (Å²) in [5, 5.41) is 0. The van der Waals surface area contributed by atoms with E-state index in [-0.39, 0.29) is 0 Å². The summed E-state index contributed by atoms with van der Waals surface area (Å²) < 4.78 is 0. The van der Waals surface area contributed by atoms with E-state index in [1.54, 1.807) is 0 Å². The molecule has 0 aliphatic heterocycles. The van der Waals surface area contributed by atoms with E-state index >= 15 is 0 Å². The van der Waals surface area contributed by atoms with Crippen molar-refractivity contribution >= 4 is 5.69 Å². The van der Waals surface area contributed by atoms with Gasteiger partial charge in [0, 0.05) is 19.3 Å². The molecule has 1 aromatic carbocycles. The quantitative estimate of drug-likeness (QED) is 0.801. The summed E-state index contributed by atoms with van der Waals surface area (Å²) in [6.07, 6.45) is 2.16. The monoisotopic (exact) mass is 249 g/mol. The van der Waals surface area contributed by atoms with Gasteiger partial charge in [0.25, 0.3) is 0 Å². The maximum absolute atomic E-state index is 5.61. The molecule has 0 radical (unpaired) electrons. The zero-order valence-electron chi connectivity index (χ0n) is 12.2. The number of aryl methyl sites for hydroxylation is 1. The van der Waals surface area contributed by atoms with E-state index in [2.05, 4.69) is 56.1 Å². The molecule has 0 saturated heterocycles. The third-order valence-corrected chi connectivity index (χ3v) is 3.28. The van der Waals surface area contributed by atoms with Gasteiger partial charge in [-0.25, -0.2) is 0 Å². The Kier molecular flexibility index (Phi) is 6.16. The molecule has 3 nitrogen and oxygen atoms in total. The molecule has 2 N–H and O–H groups in total. The number of benzene rings is 1. The number of hydrogen-bond acceptors (Lipinski definition) is 3. The number of hydrogen-bond donors (Lipinski definition) is 1. The van der Waals surface area contributed by atoms with Crippen LogP contribution < -0.4 is 10.6 Å². The fraction of sp³-hybridized carbons (Fsp3) is 0.600. The Bertz CT molecular complexity index is 361. The molecule has 0 saturated carbocycles. The van der Waals surface area contributed by atoms with Crippen molar-refractivity contribution in [1.82, 2.24) is 4.90 Å². The molecule has 0 aliphatic carbocycles. The zero-order chi connectivity index (χ0) is 13.5. The van der Waals surface area contributed by atoms with Gasteiger partial charge in [0.1, 0.15) is 0 Å². The standard InChI is InChI=1S/C15H27N3/c1-13-12-15(7-6-14(13)8-9-16)18(4)11-5-10-17(2)3/h6-7,12H,5,8-11,16H2,1-4H3. The van der Waals surface area contributed by atoms with E-state index in [0.29, 0.717) is 0 Å². The van der Waals surface area contributed by atoms with E-state index < -0.39 is 0 Å². The molecule has 0 atom stereocenters. The summed E-state index contributed by atoms with van der Waals surface area (Å²) in [7, 11) is 6.39. The summed E-state index contributed by atoms with van der Waals surface area (Å²) in [6.45, 7) is 5.11. The molecular formula is C15H27N3. The smallest absolute Gasteiger partial charge is 0.0366 e. The molecule has 3 heteroatoms. The molecule has 18 heavy (non-hydrogen) atoms. The molecule has 0 unspecified atom stereocenters. The number of nitrogens with zero attached hydrogens (tertiary/aromatic N) is 2. The second-order valence-corrected chi connectivity index (χ2v) is 5.23. The highest BCUT2D eigenvalue weighted by atomic mass is 15.1. The van der Waals surface area contributed by atoms with E-state index in [0.717, 1.165) is 26.1 Å². The highest BCUT2D eigenvalue weighted by Crippen LogP contribution is 2.18. The van der Waals surface area contributed by atoms with Gasteiger partial charge in [0.2, 0.25) is 0 Å². The minimum atomic E-state index is 0.721. The molecule has 102 valence electrons. The Morgan fingerprint density at radius 1 is 1.11 bits per heavy atom. The van der Waals surface area contributed by atoms with Crippen molar-refractivity contribution in [2.75, 3.05) is 45.7 Å². The van der Waals surface area contributed by atoms with Crippen molar-refractivity contribution in [1.29, 1.82) is 0 Å². The summed E-state index contributed by atoms with van der Waals surface area (Å²) in [6, 6.07) is 6.67. The van der Waals surface area contributed by atoms with Crippen LogP contribution >= 0.6 is 0 Å². The van der Waals surface area contributed by atoms with E-state index in [9.17, 15) is 0 Å². The third-order valence-electron chi connectivity index (χ3n) is 3.28. The first-order chi connectivity index (χ1) is 8.54. The summed E-state index contributed by atoms with van der Waals surface area (Å²) >= 11 is 0. The normalized spacial score (nSPS) is 11.0. The number of anilines is 1. The molecule has 1 aromatic rings. The molecule has 1 rings (SSSR count). The van der Waals surface area contributed by atoms with Crippen LogP contribution in [0.5, 0.6) is 0 Å². The molecule has 0 spiro atoms. The van der Waals surface area contributed by atoms with Crippen LogP contribution in [0.2, 0.25) is 0 Å².